The highest BCUT2D eigenvalue weighted by atomic mass is 32.1. The Labute approximate surface area is 101 Å². The van der Waals surface area contributed by atoms with E-state index in [2.05, 4.69) is 15.0 Å². The number of aromatic nitrogens is 2. The molecule has 1 saturated heterocycles. The molecule has 3 atom stereocenters. The number of hydrogen-bond acceptors (Lipinski definition) is 6. The van der Waals surface area contributed by atoms with Gasteiger partial charge < -0.3 is 15.6 Å². The normalized spacial score (nSPS) is 27.7. The lowest BCUT2D eigenvalue weighted by molar-refractivity contribution is -0.0112. The van der Waals surface area contributed by atoms with Gasteiger partial charge in [0.2, 0.25) is 4.77 Å². The van der Waals surface area contributed by atoms with E-state index in [0.29, 0.717) is 5.82 Å². The van der Waals surface area contributed by atoms with Crippen molar-refractivity contribution in [3.63, 3.8) is 0 Å². The van der Waals surface area contributed by atoms with Crippen LogP contribution >= 0.6 is 12.2 Å². The van der Waals surface area contributed by atoms with E-state index in [0.717, 1.165) is 0 Å². The molecule has 0 unspecified atom stereocenters. The first-order valence-electron chi connectivity index (χ1n) is 4.82. The fourth-order valence-corrected chi connectivity index (χ4v) is 1.89. The molecule has 0 aliphatic carbocycles. The van der Waals surface area contributed by atoms with Crippen LogP contribution in [0.4, 0.5) is 5.82 Å². The van der Waals surface area contributed by atoms with Gasteiger partial charge in [0.25, 0.3) is 0 Å². The van der Waals surface area contributed by atoms with Crippen LogP contribution in [0.2, 0.25) is 0 Å². The Hall–Kier alpha value is -1.67. The van der Waals surface area contributed by atoms with E-state index < -0.39 is 18.4 Å². The lowest BCUT2D eigenvalue weighted by Gasteiger charge is -2.18. The SMILES string of the molecule is [N-]=[N+]=N[C@H]1CO[C@@H](n2ccc(N)nc2=S)[C@@H]1O. The quantitative estimate of drug-likeness (QED) is 0.349. The number of nitrogens with zero attached hydrogens (tertiary/aromatic N) is 5. The van der Waals surface area contributed by atoms with Crippen molar-refractivity contribution in [1.29, 1.82) is 0 Å². The lowest BCUT2D eigenvalue weighted by atomic mass is 10.2. The second kappa shape index (κ2) is 4.68. The van der Waals surface area contributed by atoms with Crippen LogP contribution in [0.15, 0.2) is 17.4 Å². The highest BCUT2D eigenvalue weighted by Crippen LogP contribution is 2.26. The molecule has 1 aliphatic rings. The summed E-state index contributed by atoms with van der Waals surface area (Å²) >= 11 is 5.01. The molecule has 17 heavy (non-hydrogen) atoms. The fraction of sp³-hybridized carbons (Fsp3) is 0.500. The van der Waals surface area contributed by atoms with Crippen LogP contribution in [-0.4, -0.2) is 33.4 Å². The molecule has 0 spiro atoms. The smallest absolute Gasteiger partial charge is 0.203 e. The Balaban J connectivity index is 2.30. The zero-order chi connectivity index (χ0) is 12.4. The van der Waals surface area contributed by atoms with Crippen LogP contribution in [0.1, 0.15) is 6.23 Å². The summed E-state index contributed by atoms with van der Waals surface area (Å²) in [7, 11) is 0. The highest BCUT2D eigenvalue weighted by molar-refractivity contribution is 7.71. The van der Waals surface area contributed by atoms with Crippen molar-refractivity contribution < 1.29 is 9.84 Å². The van der Waals surface area contributed by atoms with E-state index in [9.17, 15) is 5.11 Å². The van der Waals surface area contributed by atoms with E-state index in [1.165, 1.54) is 4.57 Å². The number of nitrogens with two attached hydrogens (primary N) is 1. The summed E-state index contributed by atoms with van der Waals surface area (Å²) in [6, 6.07) is 0.928. The minimum Gasteiger partial charge on any atom is -0.388 e. The summed E-state index contributed by atoms with van der Waals surface area (Å²) in [5.41, 5.74) is 13.8. The molecule has 3 N–H and O–H groups in total. The van der Waals surface area contributed by atoms with Crippen molar-refractivity contribution in [1.82, 2.24) is 9.55 Å². The largest absolute Gasteiger partial charge is 0.388 e. The van der Waals surface area contributed by atoms with E-state index in [-0.39, 0.29) is 11.4 Å². The number of aliphatic hydroxyl groups is 1. The predicted octanol–water partition coefficient (Wildman–Crippen LogP) is 0.763. The van der Waals surface area contributed by atoms with Crippen molar-refractivity contribution in [2.45, 2.75) is 18.4 Å². The standard InChI is InChI=1S/C8H10N6O2S/c9-5-1-2-14(8(17)11-5)7-6(15)4(3-16-7)12-13-10/h1-2,4,6-7,15H,3H2,(H2,9,11,17)/t4-,6+,7+/m0/s1. The number of rotatable bonds is 2. The van der Waals surface area contributed by atoms with Crippen LogP contribution in [0, 0.1) is 4.77 Å². The molecular weight excluding hydrogens is 244 g/mol. The molecule has 0 radical (unpaired) electrons. The fourth-order valence-electron chi connectivity index (χ4n) is 1.62. The molecule has 90 valence electrons. The number of hydrogen-bond donors (Lipinski definition) is 2. The molecule has 9 heteroatoms. The Morgan fingerprint density at radius 2 is 2.53 bits per heavy atom. The van der Waals surface area contributed by atoms with Gasteiger partial charge in [-0.3, -0.25) is 4.57 Å². The lowest BCUT2D eigenvalue weighted by Crippen LogP contribution is -2.27. The molecular formula is C8H10N6O2S. The Bertz CT molecular complexity index is 525. The van der Waals surface area contributed by atoms with Gasteiger partial charge in [-0.2, -0.15) is 0 Å². The monoisotopic (exact) mass is 254 g/mol. The molecule has 1 aromatic heterocycles. The summed E-state index contributed by atoms with van der Waals surface area (Å²) in [6.07, 6.45) is -0.0778. The minimum atomic E-state index is -0.956. The van der Waals surface area contributed by atoms with Crippen molar-refractivity contribution in [3.8, 4) is 0 Å². The van der Waals surface area contributed by atoms with Gasteiger partial charge in [-0.05, 0) is 23.8 Å². The van der Waals surface area contributed by atoms with Crippen LogP contribution < -0.4 is 5.73 Å². The first-order chi connectivity index (χ1) is 8.13. The van der Waals surface area contributed by atoms with Crippen LogP contribution in [0.3, 0.4) is 0 Å². The summed E-state index contributed by atoms with van der Waals surface area (Å²) in [6.45, 7) is 0.141. The molecule has 0 aromatic carbocycles. The van der Waals surface area contributed by atoms with Crippen molar-refractivity contribution >= 4 is 18.0 Å². The first-order valence-corrected chi connectivity index (χ1v) is 5.23. The molecule has 1 aliphatic heterocycles. The molecule has 0 bridgehead atoms. The Morgan fingerprint density at radius 3 is 3.18 bits per heavy atom. The predicted molar refractivity (Wildman–Crippen MR) is 61.4 cm³/mol. The number of ether oxygens (including phenoxy) is 1. The summed E-state index contributed by atoms with van der Waals surface area (Å²) in [5, 5.41) is 13.4. The van der Waals surface area contributed by atoms with Gasteiger partial charge in [0.15, 0.2) is 6.23 Å². The minimum absolute atomic E-state index is 0.141. The first kappa shape index (κ1) is 11.8. The summed E-state index contributed by atoms with van der Waals surface area (Å²) in [4.78, 5) is 6.53. The molecule has 2 rings (SSSR count). The third-order valence-corrected chi connectivity index (χ3v) is 2.75. The van der Waals surface area contributed by atoms with Crippen molar-refractivity contribution in [2.24, 2.45) is 5.11 Å². The zero-order valence-electron chi connectivity index (χ0n) is 8.67. The van der Waals surface area contributed by atoms with Gasteiger partial charge in [0.1, 0.15) is 11.9 Å². The van der Waals surface area contributed by atoms with Gasteiger partial charge in [-0.25, -0.2) is 4.98 Å². The third kappa shape index (κ3) is 2.22. The van der Waals surface area contributed by atoms with Gasteiger partial charge in [-0.15, -0.1) is 0 Å². The average molecular weight is 254 g/mol. The number of nitrogen functional groups attached to an aromatic ring is 1. The molecule has 1 fully saturated rings. The van der Waals surface area contributed by atoms with Gasteiger partial charge in [0, 0.05) is 11.1 Å². The summed E-state index contributed by atoms with van der Waals surface area (Å²) < 4.78 is 7.02. The summed E-state index contributed by atoms with van der Waals surface area (Å²) in [5.74, 6) is 0.297. The van der Waals surface area contributed by atoms with Crippen molar-refractivity contribution in [3.05, 3.63) is 27.5 Å². The third-order valence-electron chi connectivity index (χ3n) is 2.45. The van der Waals surface area contributed by atoms with E-state index in [1.54, 1.807) is 12.3 Å². The second-order valence-corrected chi connectivity index (χ2v) is 3.89. The average Bonchev–Trinajstić information content (AvgIpc) is 2.62. The molecule has 0 saturated carbocycles. The number of aliphatic hydroxyl groups excluding tert-OH is 1. The van der Waals surface area contributed by atoms with Crippen LogP contribution in [-0.2, 0) is 4.74 Å². The maximum absolute atomic E-state index is 9.91. The van der Waals surface area contributed by atoms with E-state index >= 15 is 0 Å². The van der Waals surface area contributed by atoms with Gasteiger partial charge in [-0.1, -0.05) is 5.11 Å². The zero-order valence-corrected chi connectivity index (χ0v) is 9.49. The van der Waals surface area contributed by atoms with Gasteiger partial charge in [0.05, 0.1) is 12.6 Å². The Morgan fingerprint density at radius 1 is 1.76 bits per heavy atom. The van der Waals surface area contributed by atoms with Crippen LogP contribution in [0.25, 0.3) is 10.4 Å². The maximum atomic E-state index is 9.91. The molecule has 1 aromatic rings. The maximum Gasteiger partial charge on any atom is 0.203 e. The Kier molecular flexibility index (Phi) is 3.25. The highest BCUT2D eigenvalue weighted by Gasteiger charge is 2.36. The van der Waals surface area contributed by atoms with Gasteiger partial charge >= 0.3 is 0 Å². The molecule has 8 nitrogen and oxygen atoms in total. The molecule has 2 heterocycles. The van der Waals surface area contributed by atoms with E-state index in [1.807, 2.05) is 0 Å². The van der Waals surface area contributed by atoms with Crippen molar-refractivity contribution in [2.75, 3.05) is 12.3 Å². The topological polar surface area (TPSA) is 122 Å². The molecule has 0 amide bonds. The van der Waals surface area contributed by atoms with Crippen LogP contribution in [0.5, 0.6) is 0 Å². The number of anilines is 1. The number of azide groups is 1. The van der Waals surface area contributed by atoms with E-state index in [4.69, 9.17) is 28.2 Å². The second-order valence-electron chi connectivity index (χ2n) is 3.53.